The van der Waals surface area contributed by atoms with E-state index in [-0.39, 0.29) is 31.5 Å². The van der Waals surface area contributed by atoms with Crippen molar-refractivity contribution in [3.63, 3.8) is 0 Å². The Morgan fingerprint density at radius 1 is 1.05 bits per heavy atom. The SMILES string of the molecule is C=CC1C[C@]1(NC(=O)[C@@H]1C[C@@H](Oc2cc(-c3csc(NC(C)C)n3)nc3cc(OC)ccc23)CN1C(=O)[C@@H](NC(=O)O[C@@H]1C[C@@H]2C[C@@H]2C1)C(C)(C)C)C(=O)O. The highest BCUT2D eigenvalue weighted by molar-refractivity contribution is 7.14. The molecule has 1 aromatic carbocycles. The Bertz CT molecular complexity index is 2000. The normalized spacial score (nSPS) is 27.2. The van der Waals surface area contributed by atoms with Crippen LogP contribution in [-0.4, -0.2) is 93.4 Å². The molecule has 2 aromatic heterocycles. The number of alkyl carbamates (subject to hydrolysis) is 1. The van der Waals surface area contributed by atoms with Crippen molar-refractivity contribution in [3.05, 3.63) is 42.3 Å². The fourth-order valence-corrected chi connectivity index (χ4v) is 8.83. The van der Waals surface area contributed by atoms with Crippen LogP contribution in [0.4, 0.5) is 9.93 Å². The molecule has 15 heteroatoms. The number of nitrogens with one attached hydrogen (secondary N) is 3. The van der Waals surface area contributed by atoms with E-state index >= 15 is 0 Å². The summed E-state index contributed by atoms with van der Waals surface area (Å²) in [7, 11) is 1.58. The number of likely N-dealkylation sites (tertiary alicyclic amines) is 1. The molecule has 1 saturated heterocycles. The Balaban J connectivity index is 1.19. The van der Waals surface area contributed by atoms with Gasteiger partial charge in [-0.2, -0.15) is 0 Å². The average molecular weight is 775 g/mol. The molecule has 4 aliphatic rings. The topological polar surface area (TPSA) is 181 Å². The number of aliphatic carboxylic acids is 1. The molecular weight excluding hydrogens is 725 g/mol. The van der Waals surface area contributed by atoms with Gasteiger partial charge >= 0.3 is 12.1 Å². The molecule has 1 aliphatic heterocycles. The number of aromatic nitrogens is 2. The Hall–Kier alpha value is -4.92. The number of hydrogen-bond acceptors (Lipinski definition) is 11. The first-order chi connectivity index (χ1) is 26.1. The molecule has 3 aromatic rings. The molecule has 7 rings (SSSR count). The number of rotatable bonds is 13. The second-order valence-electron chi connectivity index (χ2n) is 16.7. The van der Waals surface area contributed by atoms with Gasteiger partial charge in [-0.25, -0.2) is 19.6 Å². The first-order valence-corrected chi connectivity index (χ1v) is 19.8. The van der Waals surface area contributed by atoms with Crippen LogP contribution in [0.5, 0.6) is 11.5 Å². The van der Waals surface area contributed by atoms with E-state index in [4.69, 9.17) is 24.2 Å². The van der Waals surface area contributed by atoms with Crippen LogP contribution < -0.4 is 25.4 Å². The molecule has 8 atom stereocenters. The highest BCUT2D eigenvalue weighted by atomic mass is 32.1. The molecule has 55 heavy (non-hydrogen) atoms. The zero-order valence-corrected chi connectivity index (χ0v) is 32.9. The lowest BCUT2D eigenvalue weighted by Gasteiger charge is -2.35. The Morgan fingerprint density at radius 3 is 2.44 bits per heavy atom. The largest absolute Gasteiger partial charge is 0.497 e. The maximum absolute atomic E-state index is 14.6. The molecular formula is C40H50N6O8S. The van der Waals surface area contributed by atoms with Crippen molar-refractivity contribution in [2.75, 3.05) is 19.0 Å². The van der Waals surface area contributed by atoms with Crippen molar-refractivity contribution in [1.82, 2.24) is 25.5 Å². The van der Waals surface area contributed by atoms with Crippen LogP contribution in [-0.2, 0) is 19.1 Å². The fourth-order valence-electron chi connectivity index (χ4n) is 7.98. The number of nitrogens with zero attached hydrogens (tertiary/aromatic N) is 3. The van der Waals surface area contributed by atoms with Crippen LogP contribution in [0, 0.1) is 23.2 Å². The molecule has 1 unspecified atom stereocenters. The van der Waals surface area contributed by atoms with Crippen molar-refractivity contribution < 1.29 is 38.5 Å². The summed E-state index contributed by atoms with van der Waals surface area (Å²) in [4.78, 5) is 65.4. The lowest BCUT2D eigenvalue weighted by molar-refractivity contribution is -0.146. The first kappa shape index (κ1) is 38.4. The van der Waals surface area contributed by atoms with Gasteiger partial charge in [0, 0.05) is 41.3 Å². The number of methoxy groups -OCH3 is 1. The van der Waals surface area contributed by atoms with E-state index < -0.39 is 58.9 Å². The number of carboxylic acid groups (broad SMARTS) is 1. The number of anilines is 1. The number of carbonyl (C=O) groups excluding carboxylic acids is 3. The Morgan fingerprint density at radius 2 is 1.80 bits per heavy atom. The summed E-state index contributed by atoms with van der Waals surface area (Å²) < 4.78 is 17.9. The van der Waals surface area contributed by atoms with Crippen molar-refractivity contribution in [3.8, 4) is 22.9 Å². The summed E-state index contributed by atoms with van der Waals surface area (Å²) in [5.74, 6) is -0.456. The van der Waals surface area contributed by atoms with Crippen molar-refractivity contribution in [2.24, 2.45) is 23.2 Å². The highest BCUT2D eigenvalue weighted by Gasteiger charge is 2.61. The van der Waals surface area contributed by atoms with Crippen LogP contribution in [0.25, 0.3) is 22.3 Å². The number of carboxylic acids is 1. The number of pyridine rings is 1. The molecule has 0 bridgehead atoms. The van der Waals surface area contributed by atoms with Crippen LogP contribution in [0.3, 0.4) is 0 Å². The first-order valence-electron chi connectivity index (χ1n) is 18.9. The van der Waals surface area contributed by atoms with Gasteiger partial charge in [0.2, 0.25) is 11.8 Å². The molecule has 3 heterocycles. The molecule has 0 radical (unpaired) electrons. The Kier molecular flexibility index (Phi) is 10.2. The van der Waals surface area contributed by atoms with Gasteiger partial charge in [0.1, 0.15) is 47.0 Å². The van der Waals surface area contributed by atoms with E-state index in [1.807, 2.05) is 46.1 Å². The monoisotopic (exact) mass is 774 g/mol. The van der Waals surface area contributed by atoms with Crippen LogP contribution in [0.2, 0.25) is 0 Å². The maximum atomic E-state index is 14.6. The molecule has 3 aliphatic carbocycles. The number of amides is 3. The molecule has 3 amide bonds. The molecule has 3 saturated carbocycles. The number of fused-ring (bicyclic) bond motifs is 2. The summed E-state index contributed by atoms with van der Waals surface area (Å²) in [5.41, 5.74) is -0.476. The minimum Gasteiger partial charge on any atom is -0.497 e. The molecule has 14 nitrogen and oxygen atoms in total. The van der Waals surface area contributed by atoms with Crippen LogP contribution >= 0.6 is 11.3 Å². The van der Waals surface area contributed by atoms with Crippen molar-refractivity contribution >= 4 is 51.2 Å². The number of thiazole rings is 1. The lowest BCUT2D eigenvalue weighted by Crippen LogP contribution is -2.59. The number of carbonyl (C=O) groups is 4. The molecule has 4 fully saturated rings. The third-order valence-corrected chi connectivity index (χ3v) is 11.9. The Labute approximate surface area is 324 Å². The maximum Gasteiger partial charge on any atom is 0.408 e. The van der Waals surface area contributed by atoms with Crippen molar-refractivity contribution in [1.29, 1.82) is 0 Å². The zero-order valence-electron chi connectivity index (χ0n) is 32.1. The van der Waals surface area contributed by atoms with E-state index in [2.05, 4.69) is 22.5 Å². The van der Waals surface area contributed by atoms with Gasteiger partial charge in [0.05, 0.1) is 24.9 Å². The average Bonchev–Trinajstić information content (AvgIpc) is 3.79. The van der Waals surface area contributed by atoms with E-state index in [1.54, 1.807) is 25.3 Å². The van der Waals surface area contributed by atoms with Gasteiger partial charge in [0.15, 0.2) is 5.13 Å². The van der Waals surface area contributed by atoms with Gasteiger partial charge in [-0.05, 0) is 68.9 Å². The summed E-state index contributed by atoms with van der Waals surface area (Å²) in [6.07, 6.45) is 3.05. The predicted molar refractivity (Wildman–Crippen MR) is 207 cm³/mol. The quantitative estimate of drug-likeness (QED) is 0.158. The standard InChI is InChI=1S/C40H50N6O8S/c1-8-23-17-40(23,36(49)50)45-34(47)31-15-26(18-46(31)35(48)33(39(4,5)6)44-38(51)54-25-12-21-11-22(21)13-25)53-32-16-29(30-19-55-37(43-30)41-20(2)3)42-28-14-24(52-7)9-10-27(28)32/h8-10,14,16,19-23,25-26,31,33H,1,11-13,15,17-18H2,2-7H3,(H,41,43)(H,44,51)(H,45,47)(H,49,50)/t21-,22+,23?,25+,26-,31+,33-,40-/m1/s1. The van der Waals surface area contributed by atoms with E-state index in [0.717, 1.165) is 18.0 Å². The summed E-state index contributed by atoms with van der Waals surface area (Å²) in [6, 6.07) is 5.27. The minimum absolute atomic E-state index is 0.00830. The third kappa shape index (κ3) is 7.94. The molecule has 294 valence electrons. The second kappa shape index (κ2) is 14.6. The highest BCUT2D eigenvalue weighted by Crippen LogP contribution is 2.52. The van der Waals surface area contributed by atoms with E-state index in [0.29, 0.717) is 45.6 Å². The van der Waals surface area contributed by atoms with Gasteiger partial charge in [0.25, 0.3) is 0 Å². The van der Waals surface area contributed by atoms with E-state index in [1.165, 1.54) is 28.7 Å². The summed E-state index contributed by atoms with van der Waals surface area (Å²) in [6.45, 7) is 13.3. The lowest BCUT2D eigenvalue weighted by atomic mass is 9.85. The minimum atomic E-state index is -1.51. The number of ether oxygens (including phenoxy) is 3. The second-order valence-corrected chi connectivity index (χ2v) is 17.6. The van der Waals surface area contributed by atoms with Crippen LogP contribution in [0.15, 0.2) is 42.3 Å². The zero-order chi connectivity index (χ0) is 39.4. The molecule has 0 spiro atoms. The molecule has 4 N–H and O–H groups in total. The van der Waals surface area contributed by atoms with Gasteiger partial charge < -0.3 is 40.2 Å². The summed E-state index contributed by atoms with van der Waals surface area (Å²) in [5, 5.41) is 22.3. The predicted octanol–water partition coefficient (Wildman–Crippen LogP) is 5.62. The third-order valence-electron chi connectivity index (χ3n) is 11.2. The smallest absolute Gasteiger partial charge is 0.408 e. The van der Waals surface area contributed by atoms with Gasteiger partial charge in [-0.3, -0.25) is 9.59 Å². The van der Waals surface area contributed by atoms with Crippen LogP contribution in [0.1, 0.15) is 66.7 Å². The van der Waals surface area contributed by atoms with Gasteiger partial charge in [-0.1, -0.05) is 26.8 Å². The summed E-state index contributed by atoms with van der Waals surface area (Å²) >= 11 is 1.46. The number of hydrogen-bond donors (Lipinski definition) is 4. The van der Waals surface area contributed by atoms with Gasteiger partial charge in [-0.15, -0.1) is 17.9 Å². The van der Waals surface area contributed by atoms with E-state index in [9.17, 15) is 24.3 Å². The number of benzene rings is 1. The van der Waals surface area contributed by atoms with Crippen molar-refractivity contribution in [2.45, 2.75) is 103 Å². The fraction of sp³-hybridized carbons (Fsp3) is 0.550.